The molecule has 0 fully saturated rings. The average molecular weight is 296 g/mol. The summed E-state index contributed by atoms with van der Waals surface area (Å²) in [5, 5.41) is 11.6. The van der Waals surface area contributed by atoms with Crippen molar-refractivity contribution in [3.05, 3.63) is 33.3 Å². The summed E-state index contributed by atoms with van der Waals surface area (Å²) in [6.45, 7) is 1.95. The Balaban J connectivity index is 3.16. The highest BCUT2D eigenvalue weighted by atomic mass is 35.5. The number of halogens is 2. The summed E-state index contributed by atoms with van der Waals surface area (Å²) < 4.78 is 0. The molecule has 0 bridgehead atoms. The van der Waals surface area contributed by atoms with Gasteiger partial charge in [0.2, 0.25) is 0 Å². The summed E-state index contributed by atoms with van der Waals surface area (Å²) in [7, 11) is 1.37. The summed E-state index contributed by atoms with van der Waals surface area (Å²) in [6, 6.07) is 2.87. The molecule has 2 nitrogen and oxygen atoms in total. The Morgan fingerprint density at radius 1 is 1.56 bits per heavy atom. The maximum absolute atomic E-state index is 10.8. The highest BCUT2D eigenvalue weighted by Crippen LogP contribution is 2.31. The Kier molecular flexibility index (Phi) is 5.31. The summed E-state index contributed by atoms with van der Waals surface area (Å²) in [5.74, 6) is -1.30. The minimum absolute atomic E-state index is 0.0302. The topological polar surface area (TPSA) is 40.1 Å². The number of hydrogen-bond acceptors (Lipinski definition) is 4. The number of carbonyl (C=O) groups is 1. The van der Waals surface area contributed by atoms with Crippen LogP contribution in [0.3, 0.4) is 0 Å². The minimum atomic E-state index is -1.30. The third-order valence-electron chi connectivity index (χ3n) is 2.08. The molecule has 0 saturated heterocycles. The van der Waals surface area contributed by atoms with Gasteiger partial charge in [-0.1, -0.05) is 47.0 Å². The average Bonchev–Trinajstić information content (AvgIpc) is 2.23. The fraction of sp³-hybridized carbons (Fsp3) is 0.300. The molecule has 1 aromatic rings. The quantitative estimate of drug-likeness (QED) is 0.686. The van der Waals surface area contributed by atoms with Crippen molar-refractivity contribution in [1.82, 2.24) is 0 Å². The predicted molar refractivity (Wildman–Crippen MR) is 70.5 cm³/mol. The molecule has 0 aliphatic heterocycles. The van der Waals surface area contributed by atoms with Crippen molar-refractivity contribution in [3.63, 3.8) is 0 Å². The van der Waals surface area contributed by atoms with E-state index in [-0.39, 0.29) is 15.8 Å². The molecule has 0 aliphatic carbocycles. The van der Waals surface area contributed by atoms with Crippen molar-refractivity contribution < 1.29 is 9.90 Å². The fourth-order valence-electron chi connectivity index (χ4n) is 1.27. The molecule has 0 heterocycles. The lowest BCUT2D eigenvalue weighted by molar-refractivity contribution is -0.255. The van der Waals surface area contributed by atoms with E-state index in [4.69, 9.17) is 23.2 Å². The van der Waals surface area contributed by atoms with E-state index in [9.17, 15) is 9.90 Å². The predicted octanol–water partition coefficient (Wildman–Crippen LogP) is 2.87. The smallest absolute Gasteiger partial charge is 0.0730 e. The molecule has 0 radical (unpaired) electrons. The Morgan fingerprint density at radius 3 is 2.69 bits per heavy atom. The molecule has 0 saturated carbocycles. The molecule has 1 unspecified atom stereocenters. The van der Waals surface area contributed by atoms with Gasteiger partial charge in [-0.15, -0.1) is 11.7 Å². The van der Waals surface area contributed by atoms with Gasteiger partial charge in [0, 0.05) is 15.8 Å². The van der Waals surface area contributed by atoms with E-state index in [1.807, 2.05) is 6.92 Å². The lowest BCUT2D eigenvalue weighted by Gasteiger charge is -2.14. The van der Waals surface area contributed by atoms with Crippen molar-refractivity contribution >= 4 is 51.6 Å². The van der Waals surface area contributed by atoms with Crippen LogP contribution in [0, 0.1) is 0 Å². The summed E-state index contributed by atoms with van der Waals surface area (Å²) in [6.07, 6.45) is 0.562. The Hall–Kier alpha value is -0.0300. The third-order valence-corrected chi connectivity index (χ3v) is 4.47. The van der Waals surface area contributed by atoms with Crippen molar-refractivity contribution in [3.8, 4) is 0 Å². The van der Waals surface area contributed by atoms with Crippen LogP contribution in [0.1, 0.15) is 22.8 Å². The number of carbonyl (C=O) groups excluding carboxylic acids is 1. The van der Waals surface area contributed by atoms with Crippen molar-refractivity contribution in [2.45, 2.75) is 18.6 Å². The zero-order chi connectivity index (χ0) is 12.3. The summed E-state index contributed by atoms with van der Waals surface area (Å²) in [4.78, 5) is 10.8. The van der Waals surface area contributed by atoms with E-state index in [0.717, 1.165) is 0 Å². The Morgan fingerprint density at radius 2 is 2.19 bits per heavy atom. The highest BCUT2D eigenvalue weighted by molar-refractivity contribution is 8.68. The molecule has 6 heteroatoms. The van der Waals surface area contributed by atoms with Gasteiger partial charge in [0.05, 0.1) is 11.0 Å². The van der Waals surface area contributed by atoms with Crippen molar-refractivity contribution in [2.75, 3.05) is 0 Å². The largest absolute Gasteiger partial charge is 0.545 e. The van der Waals surface area contributed by atoms with Crippen LogP contribution in [0.25, 0.3) is 0 Å². The number of benzene rings is 1. The van der Waals surface area contributed by atoms with E-state index in [2.05, 4.69) is 11.7 Å². The van der Waals surface area contributed by atoms with Gasteiger partial charge in [-0.05, 0) is 18.1 Å². The summed E-state index contributed by atoms with van der Waals surface area (Å²) in [5.41, 5.74) is 0.594. The number of carboxylic acid groups (broad SMARTS) is 1. The number of carboxylic acids is 1. The summed E-state index contributed by atoms with van der Waals surface area (Å²) >= 11 is 16.0. The van der Waals surface area contributed by atoms with Crippen LogP contribution < -0.4 is 5.11 Å². The van der Waals surface area contributed by atoms with Crippen LogP contribution >= 0.6 is 45.7 Å². The van der Waals surface area contributed by atoms with Gasteiger partial charge in [0.25, 0.3) is 0 Å². The molecule has 88 valence electrons. The molecular formula is C10H9Cl2O2S2-. The van der Waals surface area contributed by atoms with Crippen LogP contribution in [-0.4, -0.2) is 11.2 Å². The second-order valence-electron chi connectivity index (χ2n) is 3.30. The molecule has 0 N–H and O–H groups in total. The van der Waals surface area contributed by atoms with Gasteiger partial charge in [-0.3, -0.25) is 0 Å². The Labute approximate surface area is 113 Å². The van der Waals surface area contributed by atoms with E-state index in [1.54, 1.807) is 0 Å². The van der Waals surface area contributed by atoms with E-state index in [0.29, 0.717) is 17.0 Å². The van der Waals surface area contributed by atoms with E-state index < -0.39 is 5.97 Å². The molecule has 1 aromatic carbocycles. The third kappa shape index (κ3) is 3.23. The second kappa shape index (κ2) is 6.05. The van der Waals surface area contributed by atoms with Gasteiger partial charge < -0.3 is 9.90 Å². The molecule has 0 aromatic heterocycles. The van der Waals surface area contributed by atoms with Crippen LogP contribution in [-0.2, 0) is 6.42 Å². The number of aromatic carboxylic acids is 1. The normalized spacial score (nSPS) is 12.5. The lowest BCUT2D eigenvalue weighted by atomic mass is 10.1. The van der Waals surface area contributed by atoms with Crippen LogP contribution in [0.15, 0.2) is 12.1 Å². The van der Waals surface area contributed by atoms with Crippen molar-refractivity contribution in [2.24, 2.45) is 0 Å². The molecular weight excluding hydrogens is 287 g/mol. The zero-order valence-corrected chi connectivity index (χ0v) is 11.6. The zero-order valence-electron chi connectivity index (χ0n) is 8.37. The van der Waals surface area contributed by atoms with Gasteiger partial charge in [0.1, 0.15) is 0 Å². The monoisotopic (exact) mass is 295 g/mol. The minimum Gasteiger partial charge on any atom is -0.545 e. The molecule has 0 amide bonds. The maximum atomic E-state index is 10.8. The van der Waals surface area contributed by atoms with Crippen LogP contribution in [0.5, 0.6) is 0 Å². The van der Waals surface area contributed by atoms with E-state index >= 15 is 0 Å². The molecule has 0 spiro atoms. The molecule has 1 rings (SSSR count). The first-order valence-corrected chi connectivity index (χ1v) is 7.14. The molecule has 16 heavy (non-hydrogen) atoms. The van der Waals surface area contributed by atoms with E-state index in [1.165, 1.54) is 22.9 Å². The fourth-order valence-corrected chi connectivity index (χ4v) is 2.33. The highest BCUT2D eigenvalue weighted by Gasteiger charge is 2.14. The molecule has 1 atom stereocenters. The first-order chi connectivity index (χ1) is 7.47. The maximum Gasteiger partial charge on any atom is 0.0730 e. The lowest BCUT2D eigenvalue weighted by Crippen LogP contribution is -2.23. The molecule has 0 aliphatic rings. The van der Waals surface area contributed by atoms with Gasteiger partial charge in [0.15, 0.2) is 0 Å². The van der Waals surface area contributed by atoms with Crippen LogP contribution in [0.4, 0.5) is 0 Å². The van der Waals surface area contributed by atoms with Crippen LogP contribution in [0.2, 0.25) is 10.0 Å². The SMILES string of the molecule is CC(Cc1c(Cl)ccc(C(=O)[O-])c1Cl)SS. The standard InChI is InChI=1S/C10H10Cl2O2S2/c1-5(16-15)4-7-8(11)3-2-6(9(7)12)10(13)14/h2-3,5,15H,4H2,1H3,(H,13,14)/p-1. The van der Waals surface area contributed by atoms with Gasteiger partial charge in [-0.25, -0.2) is 0 Å². The first-order valence-electron chi connectivity index (χ1n) is 4.45. The van der Waals surface area contributed by atoms with Gasteiger partial charge in [-0.2, -0.15) is 0 Å². The second-order valence-corrected chi connectivity index (χ2v) is 5.73. The number of thiol groups is 1. The number of rotatable bonds is 4. The Bertz CT molecular complexity index is 410. The van der Waals surface area contributed by atoms with Crippen molar-refractivity contribution in [1.29, 1.82) is 0 Å². The first kappa shape index (κ1) is 14.0. The van der Waals surface area contributed by atoms with Gasteiger partial charge >= 0.3 is 0 Å². The number of hydrogen-bond donors (Lipinski definition) is 1.